The van der Waals surface area contributed by atoms with Crippen LogP contribution in [0.3, 0.4) is 0 Å². The Kier molecular flexibility index (Phi) is 3.58. The van der Waals surface area contributed by atoms with Gasteiger partial charge in [0.1, 0.15) is 11.9 Å². The molecule has 19 heavy (non-hydrogen) atoms. The summed E-state index contributed by atoms with van der Waals surface area (Å²) < 4.78 is 13.2. The van der Waals surface area contributed by atoms with Gasteiger partial charge in [0.05, 0.1) is 17.2 Å². The van der Waals surface area contributed by atoms with Crippen LogP contribution in [0.2, 0.25) is 0 Å². The third-order valence-electron chi connectivity index (χ3n) is 2.42. The lowest BCUT2D eigenvalue weighted by Gasteiger charge is -1.95. The van der Waals surface area contributed by atoms with E-state index < -0.39 is 5.82 Å². The maximum absolute atomic E-state index is 13.2. The van der Waals surface area contributed by atoms with Crippen molar-refractivity contribution >= 4 is 0 Å². The molecule has 88 valence electrons. The molecule has 2 nitrogen and oxygen atoms in total. The molecule has 0 fully saturated rings. The number of rotatable bonds is 0. The zero-order chi connectivity index (χ0) is 13.7. The van der Waals surface area contributed by atoms with Gasteiger partial charge >= 0.3 is 0 Å². The van der Waals surface area contributed by atoms with E-state index in [1.54, 1.807) is 24.3 Å². The number of halogens is 1. The first-order chi connectivity index (χ1) is 9.22. The molecule has 0 unspecified atom stereocenters. The van der Waals surface area contributed by atoms with Gasteiger partial charge in [0, 0.05) is 11.1 Å². The summed E-state index contributed by atoms with van der Waals surface area (Å²) >= 11 is 0. The molecular weight excluding hydrogens is 239 g/mol. The molecule has 3 heteroatoms. The summed E-state index contributed by atoms with van der Waals surface area (Å²) in [6, 6.07) is 14.7. The van der Waals surface area contributed by atoms with E-state index in [9.17, 15) is 4.39 Å². The predicted octanol–water partition coefficient (Wildman–Crippen LogP) is 2.97. The molecule has 2 rings (SSSR count). The van der Waals surface area contributed by atoms with Crippen molar-refractivity contribution in [3.63, 3.8) is 0 Å². The average molecular weight is 246 g/mol. The van der Waals surface area contributed by atoms with Crippen molar-refractivity contribution < 1.29 is 4.39 Å². The van der Waals surface area contributed by atoms with E-state index in [0.717, 1.165) is 6.07 Å². The maximum atomic E-state index is 13.2. The highest BCUT2D eigenvalue weighted by Crippen LogP contribution is 2.09. The SMILES string of the molecule is N#Cc1cc(F)cc(C#Cc2ccccc2C#N)c1. The third-order valence-corrected chi connectivity index (χ3v) is 2.42. The van der Waals surface area contributed by atoms with Gasteiger partial charge in [0.25, 0.3) is 0 Å². The fraction of sp³-hybridized carbons (Fsp3) is 0. The van der Waals surface area contributed by atoms with Crippen molar-refractivity contribution in [3.8, 4) is 24.0 Å². The lowest BCUT2D eigenvalue weighted by Crippen LogP contribution is -1.85. The summed E-state index contributed by atoms with van der Waals surface area (Å²) in [5, 5.41) is 17.7. The Bertz CT molecular complexity index is 768. The normalized spacial score (nSPS) is 8.79. The Balaban J connectivity index is 2.43. The first-order valence-electron chi connectivity index (χ1n) is 5.45. The largest absolute Gasteiger partial charge is 0.207 e. The molecule has 0 aliphatic rings. The fourth-order valence-electron chi connectivity index (χ4n) is 1.56. The van der Waals surface area contributed by atoms with Crippen molar-refractivity contribution in [2.75, 3.05) is 0 Å². The van der Waals surface area contributed by atoms with E-state index >= 15 is 0 Å². The summed E-state index contributed by atoms with van der Waals surface area (Å²) in [5.74, 6) is 5.07. The van der Waals surface area contributed by atoms with Crippen LogP contribution in [0.5, 0.6) is 0 Å². The number of benzene rings is 2. The van der Waals surface area contributed by atoms with Crippen molar-refractivity contribution in [3.05, 3.63) is 70.5 Å². The van der Waals surface area contributed by atoms with E-state index in [0.29, 0.717) is 16.7 Å². The van der Waals surface area contributed by atoms with Gasteiger partial charge in [-0.2, -0.15) is 10.5 Å². The molecular formula is C16H7FN2. The Hall–Kier alpha value is -3.09. The zero-order valence-corrected chi connectivity index (χ0v) is 9.81. The van der Waals surface area contributed by atoms with Crippen molar-refractivity contribution in [2.24, 2.45) is 0 Å². The first-order valence-corrected chi connectivity index (χ1v) is 5.45. The van der Waals surface area contributed by atoms with E-state index in [4.69, 9.17) is 10.5 Å². The standard InChI is InChI=1S/C16H7FN2/c17-16-8-12(7-13(9-16)10-18)5-6-14-3-1-2-4-15(14)11-19/h1-4,7-9H. The second-order valence-corrected chi connectivity index (χ2v) is 3.75. The highest BCUT2D eigenvalue weighted by Gasteiger charge is 1.99. The van der Waals surface area contributed by atoms with Crippen LogP contribution >= 0.6 is 0 Å². The van der Waals surface area contributed by atoms with Gasteiger partial charge in [-0.3, -0.25) is 0 Å². The quantitative estimate of drug-likeness (QED) is 0.671. The molecule has 0 aliphatic heterocycles. The van der Waals surface area contributed by atoms with Crippen LogP contribution in [0.1, 0.15) is 22.3 Å². The topological polar surface area (TPSA) is 47.6 Å². The molecule has 0 aliphatic carbocycles. The van der Waals surface area contributed by atoms with Crippen molar-refractivity contribution in [1.82, 2.24) is 0 Å². The number of nitrogens with zero attached hydrogens (tertiary/aromatic N) is 2. The molecule has 0 saturated carbocycles. The minimum absolute atomic E-state index is 0.220. The summed E-state index contributed by atoms with van der Waals surface area (Å²) in [6.45, 7) is 0. The first kappa shape index (κ1) is 12.4. The van der Waals surface area contributed by atoms with Crippen LogP contribution < -0.4 is 0 Å². The lowest BCUT2D eigenvalue weighted by molar-refractivity contribution is 0.627. The molecule has 2 aromatic rings. The van der Waals surface area contributed by atoms with Crippen LogP contribution in [0.15, 0.2) is 42.5 Å². The predicted molar refractivity (Wildman–Crippen MR) is 68.3 cm³/mol. The van der Waals surface area contributed by atoms with Gasteiger partial charge in [0.15, 0.2) is 0 Å². The third kappa shape index (κ3) is 2.97. The summed E-state index contributed by atoms with van der Waals surface area (Å²) in [7, 11) is 0. The Labute approximate surface area is 110 Å². The Morgan fingerprint density at radius 2 is 1.47 bits per heavy atom. The molecule has 0 atom stereocenters. The number of nitriles is 2. The molecule has 2 aromatic carbocycles. The molecule has 0 aromatic heterocycles. The van der Waals surface area contributed by atoms with Gasteiger partial charge in [-0.15, -0.1) is 0 Å². The molecule has 0 N–H and O–H groups in total. The fourth-order valence-corrected chi connectivity index (χ4v) is 1.56. The smallest absolute Gasteiger partial charge is 0.125 e. The summed E-state index contributed by atoms with van der Waals surface area (Å²) in [5.41, 5.74) is 1.67. The van der Waals surface area contributed by atoms with Crippen LogP contribution in [0, 0.1) is 40.3 Å². The second-order valence-electron chi connectivity index (χ2n) is 3.75. The summed E-state index contributed by atoms with van der Waals surface area (Å²) in [6.07, 6.45) is 0. The van der Waals surface area contributed by atoms with E-state index in [2.05, 4.69) is 11.8 Å². The van der Waals surface area contributed by atoms with Gasteiger partial charge in [-0.25, -0.2) is 4.39 Å². The van der Waals surface area contributed by atoms with E-state index in [1.165, 1.54) is 12.1 Å². The monoisotopic (exact) mass is 246 g/mol. The van der Waals surface area contributed by atoms with E-state index in [1.807, 2.05) is 12.1 Å². The van der Waals surface area contributed by atoms with Crippen LogP contribution in [0.4, 0.5) is 4.39 Å². The number of hydrogen-bond donors (Lipinski definition) is 0. The van der Waals surface area contributed by atoms with Crippen molar-refractivity contribution in [1.29, 1.82) is 10.5 Å². The highest BCUT2D eigenvalue weighted by atomic mass is 19.1. The van der Waals surface area contributed by atoms with Gasteiger partial charge in [0.2, 0.25) is 0 Å². The lowest BCUT2D eigenvalue weighted by atomic mass is 10.1. The molecule has 0 bridgehead atoms. The number of hydrogen-bond acceptors (Lipinski definition) is 2. The summed E-state index contributed by atoms with van der Waals surface area (Å²) in [4.78, 5) is 0. The zero-order valence-electron chi connectivity index (χ0n) is 9.81. The Morgan fingerprint density at radius 1 is 0.789 bits per heavy atom. The Morgan fingerprint density at radius 3 is 2.16 bits per heavy atom. The molecule has 0 saturated heterocycles. The van der Waals surface area contributed by atoms with Crippen LogP contribution in [-0.2, 0) is 0 Å². The minimum atomic E-state index is -0.503. The maximum Gasteiger partial charge on any atom is 0.125 e. The average Bonchev–Trinajstić information content (AvgIpc) is 2.44. The van der Waals surface area contributed by atoms with Crippen LogP contribution in [-0.4, -0.2) is 0 Å². The van der Waals surface area contributed by atoms with Gasteiger partial charge in [-0.1, -0.05) is 24.0 Å². The van der Waals surface area contributed by atoms with Gasteiger partial charge < -0.3 is 0 Å². The molecule has 0 heterocycles. The van der Waals surface area contributed by atoms with Crippen LogP contribution in [0.25, 0.3) is 0 Å². The highest BCUT2D eigenvalue weighted by molar-refractivity contribution is 5.51. The van der Waals surface area contributed by atoms with E-state index in [-0.39, 0.29) is 5.56 Å². The minimum Gasteiger partial charge on any atom is -0.207 e. The molecule has 0 spiro atoms. The van der Waals surface area contributed by atoms with Crippen molar-refractivity contribution in [2.45, 2.75) is 0 Å². The molecule has 0 amide bonds. The van der Waals surface area contributed by atoms with Gasteiger partial charge in [-0.05, 0) is 30.3 Å². The molecule has 0 radical (unpaired) electrons. The second kappa shape index (κ2) is 5.50.